The Labute approximate surface area is 191 Å². The molecule has 0 atom stereocenters. The largest absolute Gasteiger partial charge is 0.368 e. The molecular formula is C23H38N6O3. The highest BCUT2D eigenvalue weighted by atomic mass is 16.2. The molecule has 2 rings (SSSR count). The van der Waals surface area contributed by atoms with E-state index in [1.165, 1.54) is 4.90 Å². The molecule has 0 spiro atoms. The number of amides is 5. The average molecular weight is 447 g/mol. The SMILES string of the molecule is CCNC(=O)N(CC(=O)Nc1ccc(N2CCN(C(=O)NC(C)(C)C)CC2)cc1)C(C)C. The zero-order valence-electron chi connectivity index (χ0n) is 20.2. The molecule has 1 aliphatic rings. The third kappa shape index (κ3) is 7.62. The molecule has 1 aliphatic heterocycles. The molecule has 0 unspecified atom stereocenters. The number of piperazine rings is 1. The summed E-state index contributed by atoms with van der Waals surface area (Å²) < 4.78 is 0. The van der Waals surface area contributed by atoms with Crippen LogP contribution >= 0.6 is 0 Å². The maximum atomic E-state index is 12.4. The summed E-state index contributed by atoms with van der Waals surface area (Å²) in [6.45, 7) is 14.8. The van der Waals surface area contributed by atoms with Gasteiger partial charge in [0.05, 0.1) is 0 Å². The Balaban J connectivity index is 1.87. The van der Waals surface area contributed by atoms with Gasteiger partial charge < -0.3 is 30.7 Å². The minimum absolute atomic E-state index is 0.0101. The van der Waals surface area contributed by atoms with Crippen LogP contribution in [0.2, 0.25) is 0 Å². The molecule has 1 saturated heterocycles. The molecule has 9 nitrogen and oxygen atoms in total. The summed E-state index contributed by atoms with van der Waals surface area (Å²) in [5.41, 5.74) is 1.48. The summed E-state index contributed by atoms with van der Waals surface area (Å²) in [5, 5.41) is 8.59. The van der Waals surface area contributed by atoms with Crippen molar-refractivity contribution < 1.29 is 14.4 Å². The van der Waals surface area contributed by atoms with E-state index in [-0.39, 0.29) is 36.1 Å². The van der Waals surface area contributed by atoms with Crippen molar-refractivity contribution in [2.24, 2.45) is 0 Å². The minimum atomic E-state index is -0.250. The minimum Gasteiger partial charge on any atom is -0.368 e. The van der Waals surface area contributed by atoms with E-state index in [1.54, 1.807) is 0 Å². The lowest BCUT2D eigenvalue weighted by atomic mass is 10.1. The van der Waals surface area contributed by atoms with E-state index in [4.69, 9.17) is 0 Å². The summed E-state index contributed by atoms with van der Waals surface area (Å²) in [5.74, 6) is -0.240. The number of hydrogen-bond donors (Lipinski definition) is 3. The van der Waals surface area contributed by atoms with Crippen LogP contribution in [0.3, 0.4) is 0 Å². The molecule has 0 radical (unpaired) electrons. The second-order valence-electron chi connectivity index (χ2n) is 9.31. The standard InChI is InChI=1S/C23H38N6O3/c1-7-24-21(31)29(17(2)3)16-20(30)25-18-8-10-19(11-9-18)27-12-14-28(15-13-27)22(32)26-23(4,5)6/h8-11,17H,7,12-16H2,1-6H3,(H,24,31)(H,25,30)(H,26,32). The van der Waals surface area contributed by atoms with E-state index in [9.17, 15) is 14.4 Å². The van der Waals surface area contributed by atoms with E-state index in [0.29, 0.717) is 25.3 Å². The predicted molar refractivity (Wildman–Crippen MR) is 128 cm³/mol. The normalized spacial score (nSPS) is 14.2. The number of anilines is 2. The lowest BCUT2D eigenvalue weighted by molar-refractivity contribution is -0.117. The van der Waals surface area contributed by atoms with Crippen molar-refractivity contribution in [2.75, 3.05) is 49.5 Å². The van der Waals surface area contributed by atoms with Crippen LogP contribution in [-0.4, -0.2) is 78.6 Å². The summed E-state index contributed by atoms with van der Waals surface area (Å²) in [7, 11) is 0. The molecule has 1 aromatic carbocycles. The number of hydrogen-bond acceptors (Lipinski definition) is 4. The Bertz CT molecular complexity index is 780. The van der Waals surface area contributed by atoms with Gasteiger partial charge in [-0.15, -0.1) is 0 Å². The molecule has 0 aromatic heterocycles. The van der Waals surface area contributed by atoms with Gasteiger partial charge in [0, 0.05) is 55.7 Å². The zero-order valence-corrected chi connectivity index (χ0v) is 20.2. The van der Waals surface area contributed by atoms with Gasteiger partial charge in [-0.2, -0.15) is 0 Å². The van der Waals surface area contributed by atoms with Crippen LogP contribution in [0.5, 0.6) is 0 Å². The first-order chi connectivity index (χ1) is 15.0. The second-order valence-corrected chi connectivity index (χ2v) is 9.31. The van der Waals surface area contributed by atoms with Crippen molar-refractivity contribution in [2.45, 2.75) is 53.1 Å². The Hall–Kier alpha value is -2.97. The van der Waals surface area contributed by atoms with Crippen LogP contribution in [-0.2, 0) is 4.79 Å². The van der Waals surface area contributed by atoms with Gasteiger partial charge in [-0.3, -0.25) is 4.79 Å². The molecule has 0 aliphatic carbocycles. The third-order valence-electron chi connectivity index (χ3n) is 5.09. The number of rotatable bonds is 6. The van der Waals surface area contributed by atoms with Crippen molar-refractivity contribution >= 4 is 29.3 Å². The topological polar surface area (TPSA) is 97.0 Å². The van der Waals surface area contributed by atoms with Crippen molar-refractivity contribution in [3.05, 3.63) is 24.3 Å². The van der Waals surface area contributed by atoms with Gasteiger partial charge >= 0.3 is 12.1 Å². The lowest BCUT2D eigenvalue weighted by Gasteiger charge is -2.37. The molecule has 178 valence electrons. The Morgan fingerprint density at radius 3 is 2.12 bits per heavy atom. The molecule has 5 amide bonds. The van der Waals surface area contributed by atoms with Crippen LogP contribution in [0, 0.1) is 0 Å². The van der Waals surface area contributed by atoms with Crippen LogP contribution in [0.1, 0.15) is 41.5 Å². The molecular weight excluding hydrogens is 408 g/mol. The molecule has 0 bridgehead atoms. The first kappa shape index (κ1) is 25.3. The first-order valence-corrected chi connectivity index (χ1v) is 11.3. The first-order valence-electron chi connectivity index (χ1n) is 11.3. The van der Waals surface area contributed by atoms with Crippen LogP contribution < -0.4 is 20.9 Å². The Kier molecular flexibility index (Phi) is 8.74. The molecule has 9 heteroatoms. The molecule has 1 aromatic rings. The fraction of sp³-hybridized carbons (Fsp3) is 0.609. The summed E-state index contributed by atoms with van der Waals surface area (Å²) in [4.78, 5) is 42.5. The van der Waals surface area contributed by atoms with Gasteiger partial charge in [-0.05, 0) is 65.8 Å². The fourth-order valence-corrected chi connectivity index (χ4v) is 3.42. The highest BCUT2D eigenvalue weighted by Crippen LogP contribution is 2.20. The smallest absolute Gasteiger partial charge is 0.318 e. The monoisotopic (exact) mass is 446 g/mol. The maximum absolute atomic E-state index is 12.4. The molecule has 0 saturated carbocycles. The van der Waals surface area contributed by atoms with Gasteiger partial charge in [0.25, 0.3) is 0 Å². The van der Waals surface area contributed by atoms with Gasteiger partial charge in [0.15, 0.2) is 0 Å². The van der Waals surface area contributed by atoms with Gasteiger partial charge in [0.1, 0.15) is 6.54 Å². The quantitative estimate of drug-likeness (QED) is 0.626. The number of carbonyl (C=O) groups is 3. The number of carbonyl (C=O) groups excluding carboxylic acids is 3. The highest BCUT2D eigenvalue weighted by Gasteiger charge is 2.24. The number of nitrogens with zero attached hydrogens (tertiary/aromatic N) is 3. The Morgan fingerprint density at radius 2 is 1.62 bits per heavy atom. The van der Waals surface area contributed by atoms with Crippen LogP contribution in [0.4, 0.5) is 21.0 Å². The summed E-state index contributed by atoms with van der Waals surface area (Å²) in [6, 6.07) is 7.28. The maximum Gasteiger partial charge on any atom is 0.318 e. The summed E-state index contributed by atoms with van der Waals surface area (Å²) in [6.07, 6.45) is 0. The van der Waals surface area contributed by atoms with E-state index in [1.807, 2.05) is 70.7 Å². The van der Waals surface area contributed by atoms with Gasteiger partial charge in [-0.1, -0.05) is 0 Å². The van der Waals surface area contributed by atoms with Crippen LogP contribution in [0.15, 0.2) is 24.3 Å². The second kappa shape index (κ2) is 11.1. The van der Waals surface area contributed by atoms with E-state index >= 15 is 0 Å². The highest BCUT2D eigenvalue weighted by molar-refractivity contribution is 5.94. The average Bonchev–Trinajstić information content (AvgIpc) is 2.71. The van der Waals surface area contributed by atoms with Gasteiger partial charge in [-0.25, -0.2) is 9.59 Å². The van der Waals surface area contributed by atoms with E-state index < -0.39 is 0 Å². The fourth-order valence-electron chi connectivity index (χ4n) is 3.42. The van der Waals surface area contributed by atoms with Crippen molar-refractivity contribution in [1.82, 2.24) is 20.4 Å². The van der Waals surface area contributed by atoms with E-state index in [2.05, 4.69) is 20.9 Å². The number of nitrogens with one attached hydrogen (secondary N) is 3. The van der Waals surface area contributed by atoms with Crippen molar-refractivity contribution in [3.63, 3.8) is 0 Å². The number of urea groups is 2. The number of benzene rings is 1. The third-order valence-corrected chi connectivity index (χ3v) is 5.09. The lowest BCUT2D eigenvalue weighted by Crippen LogP contribution is -2.55. The molecule has 3 N–H and O–H groups in total. The van der Waals surface area contributed by atoms with Crippen molar-refractivity contribution in [3.8, 4) is 0 Å². The molecule has 1 fully saturated rings. The molecule has 1 heterocycles. The van der Waals surface area contributed by atoms with Crippen molar-refractivity contribution in [1.29, 1.82) is 0 Å². The van der Waals surface area contributed by atoms with E-state index in [0.717, 1.165) is 18.8 Å². The zero-order chi connectivity index (χ0) is 23.9. The molecule has 32 heavy (non-hydrogen) atoms. The Morgan fingerprint density at radius 1 is 1.03 bits per heavy atom. The summed E-state index contributed by atoms with van der Waals surface area (Å²) >= 11 is 0. The predicted octanol–water partition coefficient (Wildman–Crippen LogP) is 2.70. The van der Waals surface area contributed by atoms with Crippen LogP contribution in [0.25, 0.3) is 0 Å². The van der Waals surface area contributed by atoms with Gasteiger partial charge in [0.2, 0.25) is 5.91 Å².